The van der Waals surface area contributed by atoms with E-state index in [1.807, 2.05) is 0 Å². The monoisotopic (exact) mass is 558 g/mol. The summed E-state index contributed by atoms with van der Waals surface area (Å²) in [4.78, 5) is 61.5. The minimum absolute atomic E-state index is 0. The van der Waals surface area contributed by atoms with Crippen LogP contribution in [0.15, 0.2) is 0 Å². The number of aliphatic carboxylic acids is 4. The Morgan fingerprint density at radius 3 is 0.739 bits per heavy atom. The molecule has 0 aromatic carbocycles. The van der Waals surface area contributed by atoms with Crippen molar-refractivity contribution in [2.75, 3.05) is 0 Å². The van der Waals surface area contributed by atoms with Gasteiger partial charge in [0.2, 0.25) is 0 Å². The molecule has 0 bridgehead atoms. The van der Waals surface area contributed by atoms with Gasteiger partial charge in [-0.05, 0) is 0 Å². The van der Waals surface area contributed by atoms with Crippen LogP contribution in [0.2, 0.25) is 0 Å². The Morgan fingerprint density at radius 1 is 0.652 bits per heavy atom. The molecule has 3 N–H and O–H groups in total. The van der Waals surface area contributed by atoms with Crippen molar-refractivity contribution in [1.29, 1.82) is 0 Å². The van der Waals surface area contributed by atoms with Gasteiger partial charge in [0.15, 0.2) is 5.97 Å². The summed E-state index contributed by atoms with van der Waals surface area (Å²) in [5.41, 5.74) is 0. The number of carboxylic acid groups (broad SMARTS) is 4. The molecule has 0 spiro atoms. The summed E-state index contributed by atoms with van der Waals surface area (Å²) in [6, 6.07) is 0. The summed E-state index contributed by atoms with van der Waals surface area (Å²) in [5.74, 6) is -8.38. The molecule has 0 fully saturated rings. The Bertz CT molecular complexity index is 296. The molecule has 0 saturated heterocycles. The van der Waals surface area contributed by atoms with Gasteiger partial charge < -0.3 is 65.0 Å². The van der Waals surface area contributed by atoms with Crippen LogP contribution in [0.25, 0.3) is 0 Å². The number of carbonyl (C=O) groups excluding carboxylic acids is 3. The van der Waals surface area contributed by atoms with Crippen molar-refractivity contribution in [3.8, 4) is 0 Å². The molecule has 0 rings (SSSR count). The molecule has 0 amide bonds. The topological polar surface area (TPSA) is 304 Å². The Labute approximate surface area is 169 Å². The van der Waals surface area contributed by atoms with Crippen LogP contribution in [0.4, 0.5) is 0 Å². The van der Waals surface area contributed by atoms with Crippen molar-refractivity contribution in [2.24, 2.45) is 0 Å². The molecule has 19 heteroatoms. The van der Waals surface area contributed by atoms with Crippen molar-refractivity contribution in [1.82, 2.24) is 0 Å². The molecule has 0 atom stereocenters. The average Bonchev–Trinajstić information content (AvgIpc) is 2.01. The Kier molecular flexibility index (Phi) is 73.9. The summed E-state index contributed by atoms with van der Waals surface area (Å²) >= 11 is 0. The number of phosphoric acid groups is 1. The maximum Gasteiger partial charge on any atom is 2.00 e. The summed E-state index contributed by atoms with van der Waals surface area (Å²) in [7, 11) is -5.39. The van der Waals surface area contributed by atoms with E-state index >= 15 is 0 Å². The van der Waals surface area contributed by atoms with Gasteiger partial charge in [0.1, 0.15) is 0 Å². The standard InChI is InChI=1S/2C2H2O4.4Cu.H3O4P.2H2O/c2*3-1(4)2(5)6;;;;;1-5(2,3)4;;/h2*(H,3,4)(H,5,6);;;;;(H3,1,2,3,4);2*1H2/q;;4*+2;;;/p-8. The molecule has 0 aliphatic rings. The van der Waals surface area contributed by atoms with Crippen molar-refractivity contribution >= 4 is 31.7 Å². The van der Waals surface area contributed by atoms with Crippen LogP contribution in [0.5, 0.6) is 0 Å². The van der Waals surface area contributed by atoms with Crippen LogP contribution < -0.4 is 30.0 Å². The number of hydrogen-bond acceptors (Lipinski definition) is 13. The Balaban J connectivity index is -0.0000000162. The normalized spacial score (nSPS) is 6.39. The number of rotatable bonds is 0. The molecule has 4 radical (unpaired) electrons. The molecule has 0 unspecified atom stereocenters. The van der Waals surface area contributed by atoms with E-state index in [9.17, 15) is 0 Å². The molecule has 0 aliphatic carbocycles. The summed E-state index contributed by atoms with van der Waals surface area (Å²) in [6.07, 6.45) is 0. The van der Waals surface area contributed by atoms with Crippen LogP contribution in [0.1, 0.15) is 0 Å². The Hall–Kier alpha value is -0.0121. The number of hydrogen-bond donors (Lipinski definition) is 1. The van der Waals surface area contributed by atoms with E-state index in [1.165, 1.54) is 0 Å². The maximum absolute atomic E-state index is 9.04. The van der Waals surface area contributed by atoms with E-state index in [-0.39, 0.29) is 79.2 Å². The predicted molar refractivity (Wildman–Crippen MR) is 34.1 cm³/mol. The third-order valence-corrected chi connectivity index (χ3v) is 0.341. The van der Waals surface area contributed by atoms with E-state index in [4.69, 9.17) is 58.8 Å². The van der Waals surface area contributed by atoms with Gasteiger partial charge in [-0.25, -0.2) is 4.79 Å². The second-order valence-corrected chi connectivity index (χ2v) is 2.51. The zero-order valence-corrected chi connectivity index (χ0v) is 14.1. The van der Waals surface area contributed by atoms with E-state index in [0.29, 0.717) is 0 Å². The minimum Gasteiger partial charge on any atom is -0.870 e. The first kappa shape index (κ1) is 56.8. The van der Waals surface area contributed by atoms with Gasteiger partial charge in [-0.15, -0.1) is 0 Å². The van der Waals surface area contributed by atoms with E-state index in [2.05, 4.69) is 0 Å². The van der Waals surface area contributed by atoms with E-state index < -0.39 is 31.7 Å². The van der Waals surface area contributed by atoms with E-state index in [1.54, 1.807) is 0 Å². The van der Waals surface area contributed by atoms with Crippen LogP contribution in [0, 0.1) is 0 Å². The SMILES string of the molecule is O=C([O-])C(=O)O.O=C([O-])C(=O)[O-].O=P([O-])([O-])[O-].[Cu+2].[Cu+2].[Cu+2].[Cu+2].[OH-].[OH-]. The summed E-state index contributed by atoms with van der Waals surface area (Å²) in [6.45, 7) is 0. The van der Waals surface area contributed by atoms with Gasteiger partial charge in [0, 0.05) is 0 Å². The predicted octanol–water partition coefficient (Wildman–Crippen LogP) is -8.88. The Morgan fingerprint density at radius 2 is 0.739 bits per heavy atom. The largest absolute Gasteiger partial charge is 2.00 e. The third-order valence-electron chi connectivity index (χ3n) is 0.341. The van der Waals surface area contributed by atoms with Crippen LogP contribution >= 0.6 is 7.82 Å². The van der Waals surface area contributed by atoms with E-state index in [0.717, 1.165) is 0 Å². The first-order chi connectivity index (χ1) is 7.29. The van der Waals surface area contributed by atoms with Gasteiger partial charge >= 0.3 is 74.2 Å². The van der Waals surface area contributed by atoms with Crippen LogP contribution in [0.3, 0.4) is 0 Å². The molecule has 0 aromatic heterocycles. The van der Waals surface area contributed by atoms with Gasteiger partial charge in [-0.1, -0.05) is 0 Å². The molecule has 23 heavy (non-hydrogen) atoms. The smallest absolute Gasteiger partial charge is 0.870 e. The van der Waals surface area contributed by atoms with Gasteiger partial charge in [0.05, 0.1) is 11.9 Å². The molecule has 0 aromatic rings. The molecule has 0 aliphatic heterocycles. The maximum atomic E-state index is 9.04. The first-order valence-corrected chi connectivity index (χ1v) is 4.34. The quantitative estimate of drug-likeness (QED) is 0.163. The zero-order valence-electron chi connectivity index (χ0n) is 9.49. The summed E-state index contributed by atoms with van der Waals surface area (Å²) in [5, 5.41) is 34.2. The van der Waals surface area contributed by atoms with Crippen molar-refractivity contribution in [2.45, 2.75) is 0 Å². The van der Waals surface area contributed by atoms with Gasteiger partial charge in [-0.2, -0.15) is 7.82 Å². The number of carbonyl (C=O) groups is 4. The van der Waals surface area contributed by atoms with Crippen molar-refractivity contribution in [3.05, 3.63) is 0 Å². The minimum atomic E-state index is -5.39. The fourth-order valence-corrected chi connectivity index (χ4v) is 0. The zero-order chi connectivity index (χ0) is 14.8. The molecule has 14 nitrogen and oxygen atoms in total. The number of carboxylic acids is 4. The summed E-state index contributed by atoms with van der Waals surface area (Å²) < 4.78 is 8.55. The van der Waals surface area contributed by atoms with Crippen molar-refractivity contribution in [3.63, 3.8) is 0 Å². The first-order valence-electron chi connectivity index (χ1n) is 2.88. The average molecular weight is 560 g/mol. The molecular weight excluding hydrogens is 557 g/mol. The second kappa shape index (κ2) is 29.9. The van der Waals surface area contributed by atoms with Crippen LogP contribution in [-0.4, -0.2) is 39.9 Å². The molecule has 0 heterocycles. The second-order valence-electron chi connectivity index (χ2n) is 1.61. The van der Waals surface area contributed by atoms with Crippen LogP contribution in [-0.2, 0) is 92.0 Å². The third kappa shape index (κ3) is 138. The van der Waals surface area contributed by atoms with Crippen molar-refractivity contribution < 1.29 is 138 Å². The van der Waals surface area contributed by atoms with Gasteiger partial charge in [-0.3, -0.25) is 0 Å². The van der Waals surface area contributed by atoms with Gasteiger partial charge in [0.25, 0.3) is 0 Å². The fourth-order valence-electron chi connectivity index (χ4n) is 0. The molecular formula is C4H3Cu4O14P. The molecule has 0 saturated carbocycles. The molecule has 152 valence electrons. The fraction of sp³-hybridized carbons (Fsp3) is 0.